The molecular weight excluding hydrogens is 428 g/mol. The minimum absolute atomic E-state index is 0.287. The number of rotatable bonds is 5. The van der Waals surface area contributed by atoms with Crippen molar-refractivity contribution in [1.82, 2.24) is 15.2 Å². The van der Waals surface area contributed by atoms with Crippen LogP contribution in [0.15, 0.2) is 101 Å². The third-order valence-corrected chi connectivity index (χ3v) is 4.99. The Morgan fingerprint density at radius 2 is 1.59 bits per heavy atom. The lowest BCUT2D eigenvalue weighted by Gasteiger charge is -2.02. The third-order valence-electron chi connectivity index (χ3n) is 4.30. The maximum absolute atomic E-state index is 12.4. The molecule has 0 saturated carbocycles. The molecule has 0 bridgehead atoms. The van der Waals surface area contributed by atoms with Gasteiger partial charge in [0.25, 0.3) is 5.91 Å². The van der Waals surface area contributed by atoms with Crippen LogP contribution in [0.1, 0.15) is 15.9 Å². The zero-order chi connectivity index (χ0) is 20.1. The minimum Gasteiger partial charge on any atom is -0.267 e. The molecule has 3 aromatic carbocycles. The molecule has 142 valence electrons. The van der Waals surface area contributed by atoms with E-state index in [1.165, 1.54) is 0 Å². The summed E-state index contributed by atoms with van der Waals surface area (Å²) >= 11 is 3.38. The Bertz CT molecular complexity index is 1150. The van der Waals surface area contributed by atoms with Crippen LogP contribution in [0.3, 0.4) is 0 Å². The van der Waals surface area contributed by atoms with Crippen LogP contribution < -0.4 is 5.43 Å². The van der Waals surface area contributed by atoms with Crippen molar-refractivity contribution in [2.75, 3.05) is 0 Å². The normalized spacial score (nSPS) is 10.9. The molecule has 29 heavy (non-hydrogen) atoms. The van der Waals surface area contributed by atoms with Crippen molar-refractivity contribution in [2.45, 2.75) is 0 Å². The first-order chi connectivity index (χ1) is 14.2. The van der Waals surface area contributed by atoms with Crippen molar-refractivity contribution >= 4 is 28.1 Å². The van der Waals surface area contributed by atoms with Gasteiger partial charge in [0, 0.05) is 21.8 Å². The summed E-state index contributed by atoms with van der Waals surface area (Å²) in [4.78, 5) is 12.4. The zero-order valence-corrected chi connectivity index (χ0v) is 17.0. The largest absolute Gasteiger partial charge is 0.272 e. The van der Waals surface area contributed by atoms with Gasteiger partial charge in [0.2, 0.25) is 0 Å². The summed E-state index contributed by atoms with van der Waals surface area (Å²) < 4.78 is 2.52. The second kappa shape index (κ2) is 8.67. The van der Waals surface area contributed by atoms with Gasteiger partial charge >= 0.3 is 0 Å². The van der Waals surface area contributed by atoms with Gasteiger partial charge in [-0.3, -0.25) is 4.79 Å². The van der Waals surface area contributed by atoms with Gasteiger partial charge in [-0.1, -0.05) is 60.7 Å². The molecule has 1 aromatic heterocycles. The smallest absolute Gasteiger partial charge is 0.267 e. The van der Waals surface area contributed by atoms with Crippen molar-refractivity contribution in [3.8, 4) is 16.9 Å². The van der Waals surface area contributed by atoms with E-state index < -0.39 is 0 Å². The number of hydrogen-bond acceptors (Lipinski definition) is 3. The topological polar surface area (TPSA) is 59.3 Å². The van der Waals surface area contributed by atoms with E-state index in [9.17, 15) is 4.79 Å². The second-order valence-corrected chi connectivity index (χ2v) is 7.11. The highest BCUT2D eigenvalue weighted by atomic mass is 79.9. The van der Waals surface area contributed by atoms with Gasteiger partial charge in [0.1, 0.15) is 5.69 Å². The van der Waals surface area contributed by atoms with E-state index in [2.05, 4.69) is 26.5 Å². The molecule has 0 fully saturated rings. The number of carbonyl (C=O) groups excluding carboxylic acids is 1. The molecule has 0 aliphatic carbocycles. The highest BCUT2D eigenvalue weighted by Crippen LogP contribution is 2.22. The molecule has 0 radical (unpaired) electrons. The molecule has 4 aromatic rings. The van der Waals surface area contributed by atoms with Gasteiger partial charge in [-0.25, -0.2) is 10.1 Å². The summed E-state index contributed by atoms with van der Waals surface area (Å²) in [5.74, 6) is -0.287. The fourth-order valence-corrected chi connectivity index (χ4v) is 3.35. The van der Waals surface area contributed by atoms with E-state index in [0.29, 0.717) is 5.56 Å². The predicted octanol–water partition coefficient (Wildman–Crippen LogP) is 5.07. The van der Waals surface area contributed by atoms with Gasteiger partial charge in [0.15, 0.2) is 0 Å². The van der Waals surface area contributed by atoms with Crippen LogP contribution in [0.25, 0.3) is 16.9 Å². The molecule has 1 N–H and O–H groups in total. The molecule has 6 heteroatoms. The van der Waals surface area contributed by atoms with Gasteiger partial charge in [0.05, 0.1) is 17.5 Å². The molecule has 1 amide bonds. The van der Waals surface area contributed by atoms with Gasteiger partial charge < -0.3 is 0 Å². The van der Waals surface area contributed by atoms with Crippen molar-refractivity contribution in [3.05, 3.63) is 107 Å². The van der Waals surface area contributed by atoms with Crippen LogP contribution in [0.5, 0.6) is 0 Å². The van der Waals surface area contributed by atoms with E-state index in [-0.39, 0.29) is 5.91 Å². The average Bonchev–Trinajstić information content (AvgIpc) is 3.19. The summed E-state index contributed by atoms with van der Waals surface area (Å²) in [6.45, 7) is 0. The van der Waals surface area contributed by atoms with E-state index in [4.69, 9.17) is 5.10 Å². The fourth-order valence-electron chi connectivity index (χ4n) is 2.88. The Balaban J connectivity index is 1.63. The number of nitrogens with zero attached hydrogens (tertiary/aromatic N) is 3. The second-order valence-electron chi connectivity index (χ2n) is 6.26. The Labute approximate surface area is 176 Å². The Morgan fingerprint density at radius 3 is 2.31 bits per heavy atom. The molecule has 0 spiro atoms. The number of hydrazone groups is 1. The first-order valence-corrected chi connectivity index (χ1v) is 9.80. The SMILES string of the molecule is O=C(N/N=C\c1cn(-c2ccccc2)nc1-c1ccccc1)c1ccccc1Br. The molecule has 4 rings (SSSR count). The van der Waals surface area contributed by atoms with Gasteiger partial charge in [-0.15, -0.1) is 0 Å². The molecule has 0 atom stereocenters. The van der Waals surface area contributed by atoms with E-state index in [0.717, 1.165) is 27.0 Å². The summed E-state index contributed by atoms with van der Waals surface area (Å²) in [5, 5.41) is 8.88. The lowest BCUT2D eigenvalue weighted by Crippen LogP contribution is -2.18. The Morgan fingerprint density at radius 1 is 0.931 bits per heavy atom. The lowest BCUT2D eigenvalue weighted by molar-refractivity contribution is 0.0954. The Kier molecular flexibility index (Phi) is 5.63. The minimum atomic E-state index is -0.287. The van der Waals surface area contributed by atoms with Crippen molar-refractivity contribution in [3.63, 3.8) is 0 Å². The van der Waals surface area contributed by atoms with Crippen molar-refractivity contribution in [1.29, 1.82) is 0 Å². The maximum atomic E-state index is 12.4. The highest BCUT2D eigenvalue weighted by molar-refractivity contribution is 9.10. The molecular formula is C23H17BrN4O. The maximum Gasteiger partial charge on any atom is 0.272 e. The monoisotopic (exact) mass is 444 g/mol. The lowest BCUT2D eigenvalue weighted by atomic mass is 10.1. The summed E-state index contributed by atoms with van der Waals surface area (Å²) in [7, 11) is 0. The van der Waals surface area contributed by atoms with Gasteiger partial charge in [-0.2, -0.15) is 10.2 Å². The first-order valence-electron chi connectivity index (χ1n) is 9.01. The Hall–Kier alpha value is -3.51. The molecule has 0 saturated heterocycles. The molecule has 1 heterocycles. The summed E-state index contributed by atoms with van der Waals surface area (Å²) in [6.07, 6.45) is 3.51. The average molecular weight is 445 g/mol. The molecule has 5 nitrogen and oxygen atoms in total. The fraction of sp³-hybridized carbons (Fsp3) is 0. The van der Waals surface area contributed by atoms with E-state index in [1.54, 1.807) is 23.0 Å². The van der Waals surface area contributed by atoms with Crippen molar-refractivity contribution < 1.29 is 4.79 Å². The first kappa shape index (κ1) is 18.8. The zero-order valence-electron chi connectivity index (χ0n) is 15.4. The molecule has 0 aliphatic rings. The summed E-state index contributed by atoms with van der Waals surface area (Å²) in [5.41, 5.74) is 6.60. The van der Waals surface area contributed by atoms with Crippen LogP contribution in [-0.2, 0) is 0 Å². The number of carbonyl (C=O) groups is 1. The number of nitrogens with one attached hydrogen (secondary N) is 1. The standard InChI is InChI=1S/C23H17BrN4O/c24-21-14-8-7-13-20(21)23(29)26-25-15-18-16-28(19-11-5-2-6-12-19)27-22(18)17-9-3-1-4-10-17/h1-16H,(H,26,29)/b25-15-. The van der Waals surface area contributed by atoms with Crippen LogP contribution in [0.2, 0.25) is 0 Å². The van der Waals surface area contributed by atoms with Gasteiger partial charge in [-0.05, 0) is 40.2 Å². The third kappa shape index (κ3) is 4.33. The number of hydrogen-bond donors (Lipinski definition) is 1. The highest BCUT2D eigenvalue weighted by Gasteiger charge is 2.12. The predicted molar refractivity (Wildman–Crippen MR) is 118 cm³/mol. The van der Waals surface area contributed by atoms with Crippen molar-refractivity contribution in [2.24, 2.45) is 5.10 Å². The number of aromatic nitrogens is 2. The van der Waals surface area contributed by atoms with E-state index >= 15 is 0 Å². The number of benzene rings is 3. The van der Waals surface area contributed by atoms with Crippen LogP contribution >= 0.6 is 15.9 Å². The number of amides is 1. The number of halogens is 1. The molecule has 0 aliphatic heterocycles. The quantitative estimate of drug-likeness (QED) is 0.345. The molecule has 0 unspecified atom stereocenters. The van der Waals surface area contributed by atoms with Crippen LogP contribution in [0.4, 0.5) is 0 Å². The summed E-state index contributed by atoms with van der Waals surface area (Å²) in [6, 6.07) is 26.9. The van der Waals surface area contributed by atoms with Crippen LogP contribution in [-0.4, -0.2) is 21.9 Å². The van der Waals surface area contributed by atoms with E-state index in [1.807, 2.05) is 79.0 Å². The van der Waals surface area contributed by atoms with Crippen LogP contribution in [0, 0.1) is 0 Å². The number of para-hydroxylation sites is 1.